The molecule has 0 saturated carbocycles. The van der Waals surface area contributed by atoms with Crippen LogP contribution < -0.4 is 10.6 Å². The molecule has 3 heterocycles. The van der Waals surface area contributed by atoms with E-state index in [1.54, 1.807) is 12.1 Å². The number of rotatable bonds is 6. The lowest BCUT2D eigenvalue weighted by Crippen LogP contribution is -2.47. The number of aromatic nitrogens is 5. The topological polar surface area (TPSA) is 106 Å². The van der Waals surface area contributed by atoms with Crippen LogP contribution in [0.1, 0.15) is 37.8 Å². The summed E-state index contributed by atoms with van der Waals surface area (Å²) < 4.78 is 7.35. The highest BCUT2D eigenvalue weighted by Crippen LogP contribution is 2.20. The molecule has 4 rings (SSSR count). The van der Waals surface area contributed by atoms with Gasteiger partial charge in [-0.05, 0) is 25.5 Å². The van der Waals surface area contributed by atoms with E-state index in [1.165, 1.54) is 0 Å². The summed E-state index contributed by atoms with van der Waals surface area (Å²) in [5, 5.41) is 16.0. The van der Waals surface area contributed by atoms with E-state index in [0.29, 0.717) is 22.7 Å². The zero-order chi connectivity index (χ0) is 20.9. The van der Waals surface area contributed by atoms with Crippen LogP contribution in [0.5, 0.6) is 0 Å². The van der Waals surface area contributed by atoms with Crippen molar-refractivity contribution in [3.8, 4) is 11.4 Å². The molecule has 2 N–H and O–H groups in total. The molecule has 3 aromatic rings. The van der Waals surface area contributed by atoms with Gasteiger partial charge in [-0.2, -0.15) is 10.1 Å². The summed E-state index contributed by atoms with van der Waals surface area (Å²) in [7, 11) is 0. The van der Waals surface area contributed by atoms with Gasteiger partial charge in [0.1, 0.15) is 12.4 Å². The van der Waals surface area contributed by atoms with E-state index in [1.807, 2.05) is 23.7 Å². The highest BCUT2D eigenvalue weighted by molar-refractivity contribution is 6.30. The van der Waals surface area contributed by atoms with Crippen LogP contribution in [0.15, 0.2) is 33.8 Å². The fourth-order valence-corrected chi connectivity index (χ4v) is 3.54. The van der Waals surface area contributed by atoms with E-state index in [4.69, 9.17) is 16.1 Å². The lowest BCUT2D eigenvalue weighted by atomic mass is 10.1. The molecule has 9 nitrogen and oxygen atoms in total. The van der Waals surface area contributed by atoms with Crippen molar-refractivity contribution in [2.75, 3.05) is 6.54 Å². The van der Waals surface area contributed by atoms with E-state index >= 15 is 0 Å². The molecule has 0 fully saturated rings. The lowest BCUT2D eigenvalue weighted by molar-refractivity contribution is 0.378. The van der Waals surface area contributed by atoms with Gasteiger partial charge in [0.05, 0.1) is 6.54 Å². The molecule has 0 bridgehead atoms. The van der Waals surface area contributed by atoms with Crippen LogP contribution in [0.25, 0.3) is 11.4 Å². The van der Waals surface area contributed by atoms with Crippen molar-refractivity contribution >= 4 is 17.6 Å². The molecule has 1 aliphatic rings. The summed E-state index contributed by atoms with van der Waals surface area (Å²) >= 11 is 6.04. The van der Waals surface area contributed by atoms with Gasteiger partial charge in [-0.3, -0.25) is 0 Å². The van der Waals surface area contributed by atoms with Gasteiger partial charge in [-0.25, -0.2) is 14.7 Å². The first-order valence-electron chi connectivity index (χ1n) is 10.2. The van der Waals surface area contributed by atoms with Gasteiger partial charge in [0, 0.05) is 36.0 Å². The van der Waals surface area contributed by atoms with Crippen molar-refractivity contribution in [3.63, 3.8) is 0 Å². The Bertz CT molecular complexity index is 1030. The third-order valence-corrected chi connectivity index (χ3v) is 5.06. The fraction of sp³-hybridized carbons (Fsp3) is 0.450. The number of guanidine groups is 1. The molecule has 10 heteroatoms. The largest absolute Gasteiger partial charge is 0.357 e. The van der Waals surface area contributed by atoms with Crippen molar-refractivity contribution in [3.05, 3.63) is 46.8 Å². The maximum atomic E-state index is 6.04. The Labute approximate surface area is 179 Å². The smallest absolute Gasteiger partial charge is 0.248 e. The molecule has 1 atom stereocenters. The normalized spacial score (nSPS) is 16.4. The first-order chi connectivity index (χ1) is 14.6. The molecule has 30 heavy (non-hydrogen) atoms. The molecular formula is C20H25ClN8O. The molecule has 0 saturated heterocycles. The molecule has 158 valence electrons. The van der Waals surface area contributed by atoms with E-state index in [0.717, 1.165) is 49.6 Å². The second-order valence-electron chi connectivity index (χ2n) is 7.08. The van der Waals surface area contributed by atoms with Gasteiger partial charge in [0.25, 0.3) is 0 Å². The maximum Gasteiger partial charge on any atom is 0.248 e. The summed E-state index contributed by atoms with van der Waals surface area (Å²) in [6, 6.07) is 7.58. The Morgan fingerprint density at radius 1 is 1.33 bits per heavy atom. The van der Waals surface area contributed by atoms with E-state index < -0.39 is 0 Å². The summed E-state index contributed by atoms with van der Waals surface area (Å²) in [6.45, 7) is 5.91. The Balaban J connectivity index is 1.41. The van der Waals surface area contributed by atoms with Crippen LogP contribution >= 0.6 is 11.6 Å². The summed E-state index contributed by atoms with van der Waals surface area (Å²) in [4.78, 5) is 13.6. The standard InChI is InChI=1S/C20H25ClN8O/c1-3-16-25-17-9-8-15(12-29(17)27-16)24-20(22-4-2)23-11-18-26-19(28-30-18)13-6-5-7-14(21)10-13/h5-7,10,15H,3-4,8-9,11-12H2,1-2H3,(H2,22,23,24). The number of nitrogens with one attached hydrogen (secondary N) is 2. The zero-order valence-electron chi connectivity index (χ0n) is 17.1. The zero-order valence-corrected chi connectivity index (χ0v) is 17.9. The fourth-order valence-electron chi connectivity index (χ4n) is 3.35. The van der Waals surface area contributed by atoms with Crippen LogP contribution in [0.2, 0.25) is 5.02 Å². The molecule has 0 spiro atoms. The van der Waals surface area contributed by atoms with Gasteiger partial charge in [0.2, 0.25) is 11.7 Å². The van der Waals surface area contributed by atoms with Crippen molar-refractivity contribution in [2.45, 2.75) is 52.2 Å². The number of nitrogens with zero attached hydrogens (tertiary/aromatic N) is 6. The van der Waals surface area contributed by atoms with Crippen LogP contribution in [-0.2, 0) is 25.9 Å². The van der Waals surface area contributed by atoms with Crippen LogP contribution in [0.3, 0.4) is 0 Å². The first-order valence-corrected chi connectivity index (χ1v) is 10.6. The third-order valence-electron chi connectivity index (χ3n) is 4.83. The lowest BCUT2D eigenvalue weighted by Gasteiger charge is -2.25. The van der Waals surface area contributed by atoms with Gasteiger partial charge >= 0.3 is 0 Å². The maximum absolute atomic E-state index is 6.04. The molecule has 1 unspecified atom stereocenters. The molecule has 1 aliphatic heterocycles. The summed E-state index contributed by atoms with van der Waals surface area (Å²) in [5.41, 5.74) is 0.809. The Kier molecular flexibility index (Phi) is 6.27. The minimum Gasteiger partial charge on any atom is -0.357 e. The molecule has 0 radical (unpaired) electrons. The van der Waals surface area contributed by atoms with Crippen LogP contribution in [0.4, 0.5) is 0 Å². The van der Waals surface area contributed by atoms with E-state index in [-0.39, 0.29) is 12.6 Å². The number of hydrogen-bond donors (Lipinski definition) is 2. The minimum atomic E-state index is 0.228. The predicted molar refractivity (Wildman–Crippen MR) is 114 cm³/mol. The predicted octanol–water partition coefficient (Wildman–Crippen LogP) is 2.61. The van der Waals surface area contributed by atoms with Crippen molar-refractivity contribution < 1.29 is 4.52 Å². The number of aryl methyl sites for hydroxylation is 2. The number of hydrogen-bond acceptors (Lipinski definition) is 6. The van der Waals surface area contributed by atoms with Crippen molar-refractivity contribution in [1.82, 2.24) is 35.5 Å². The first kappa shape index (κ1) is 20.3. The minimum absolute atomic E-state index is 0.228. The van der Waals surface area contributed by atoms with Crippen LogP contribution in [-0.4, -0.2) is 43.5 Å². The molecular weight excluding hydrogens is 404 g/mol. The number of aliphatic imine (C=N–C) groups is 1. The number of halogens is 1. The number of fused-ring (bicyclic) bond motifs is 1. The summed E-state index contributed by atoms with van der Waals surface area (Å²) in [6.07, 6.45) is 2.73. The van der Waals surface area contributed by atoms with Crippen molar-refractivity contribution in [2.24, 2.45) is 4.99 Å². The second kappa shape index (κ2) is 9.25. The number of benzene rings is 1. The SMILES string of the molecule is CCNC(=NCc1nc(-c2cccc(Cl)c2)no1)NC1CCc2nc(CC)nn2C1. The third kappa shape index (κ3) is 4.79. The average molecular weight is 429 g/mol. The quantitative estimate of drug-likeness (QED) is 0.459. The monoisotopic (exact) mass is 428 g/mol. The van der Waals surface area contributed by atoms with Gasteiger partial charge in [-0.15, -0.1) is 0 Å². The Hall–Kier alpha value is -2.94. The molecule has 1 aromatic carbocycles. The van der Waals surface area contributed by atoms with E-state index in [2.05, 4.69) is 42.8 Å². The van der Waals surface area contributed by atoms with Gasteiger partial charge in [-0.1, -0.05) is 35.8 Å². The van der Waals surface area contributed by atoms with Crippen molar-refractivity contribution in [1.29, 1.82) is 0 Å². The molecule has 2 aromatic heterocycles. The van der Waals surface area contributed by atoms with Gasteiger partial charge in [0.15, 0.2) is 11.8 Å². The Morgan fingerprint density at radius 3 is 3.03 bits per heavy atom. The average Bonchev–Trinajstić information content (AvgIpc) is 3.38. The highest BCUT2D eigenvalue weighted by atomic mass is 35.5. The van der Waals surface area contributed by atoms with Gasteiger partial charge < -0.3 is 15.2 Å². The molecule has 0 aliphatic carbocycles. The van der Waals surface area contributed by atoms with Crippen LogP contribution in [0, 0.1) is 0 Å². The Morgan fingerprint density at radius 2 is 2.23 bits per heavy atom. The molecule has 0 amide bonds. The highest BCUT2D eigenvalue weighted by Gasteiger charge is 2.22. The second-order valence-corrected chi connectivity index (χ2v) is 7.51. The van der Waals surface area contributed by atoms with E-state index in [9.17, 15) is 0 Å². The summed E-state index contributed by atoms with van der Waals surface area (Å²) in [5.74, 6) is 3.61.